The van der Waals surface area contributed by atoms with Crippen LogP contribution in [0.4, 0.5) is 0 Å². The number of aliphatic hydroxyl groups is 1. The fourth-order valence-corrected chi connectivity index (χ4v) is 1.48. The lowest BCUT2D eigenvalue weighted by Gasteiger charge is -2.07. The predicted molar refractivity (Wildman–Crippen MR) is 61.1 cm³/mol. The number of nitrogens with one attached hydrogen (secondary N) is 1. The smallest absolute Gasteiger partial charge is 0.138 e. The van der Waals surface area contributed by atoms with Crippen molar-refractivity contribution in [2.24, 2.45) is 0 Å². The van der Waals surface area contributed by atoms with Crippen molar-refractivity contribution in [2.45, 2.75) is 19.4 Å². The molecule has 0 bridgehead atoms. The Hall–Kier alpha value is -0.770. The molecule has 0 amide bonds. The molecule has 0 aliphatic carbocycles. The minimum atomic E-state index is 0.147. The molecule has 1 rings (SSSR count). The predicted octanol–water partition coefficient (Wildman–Crippen LogP) is 1.91. The molecule has 84 valence electrons. The van der Waals surface area contributed by atoms with Gasteiger partial charge in [-0.15, -0.1) is 0 Å². The van der Waals surface area contributed by atoms with Crippen LogP contribution in [-0.4, -0.2) is 23.4 Å². The van der Waals surface area contributed by atoms with Crippen molar-refractivity contribution in [2.75, 3.05) is 13.2 Å². The van der Waals surface area contributed by atoms with Crippen LogP contribution in [0.15, 0.2) is 18.2 Å². The van der Waals surface area contributed by atoms with Gasteiger partial charge in [-0.2, -0.15) is 0 Å². The molecule has 1 aromatic rings. The molecule has 0 spiro atoms. The largest absolute Gasteiger partial charge is 0.506 e. The Kier molecular flexibility index (Phi) is 5.47. The van der Waals surface area contributed by atoms with E-state index in [1.54, 1.807) is 6.07 Å². The standard InChI is InChI=1S/C11H16ClNO2/c12-10-5-3-4-9(11(10)15)8-13-6-1-2-7-14/h3-5,13-15H,1-2,6-8H2. The van der Waals surface area contributed by atoms with Crippen molar-refractivity contribution in [3.05, 3.63) is 28.8 Å². The van der Waals surface area contributed by atoms with Crippen LogP contribution >= 0.6 is 11.6 Å². The third kappa shape index (κ3) is 4.08. The molecule has 0 heterocycles. The quantitative estimate of drug-likeness (QED) is 0.654. The second-order valence-electron chi connectivity index (χ2n) is 3.36. The fourth-order valence-electron chi connectivity index (χ4n) is 1.29. The first kappa shape index (κ1) is 12.3. The topological polar surface area (TPSA) is 52.5 Å². The third-order valence-electron chi connectivity index (χ3n) is 2.15. The minimum absolute atomic E-state index is 0.147. The van der Waals surface area contributed by atoms with Gasteiger partial charge in [0.05, 0.1) is 5.02 Å². The zero-order valence-electron chi connectivity index (χ0n) is 8.54. The molecule has 0 aromatic heterocycles. The summed E-state index contributed by atoms with van der Waals surface area (Å²) < 4.78 is 0. The van der Waals surface area contributed by atoms with Gasteiger partial charge in [0.2, 0.25) is 0 Å². The van der Waals surface area contributed by atoms with E-state index < -0.39 is 0 Å². The number of aliphatic hydroxyl groups excluding tert-OH is 1. The lowest BCUT2D eigenvalue weighted by atomic mass is 10.2. The zero-order chi connectivity index (χ0) is 11.1. The highest BCUT2D eigenvalue weighted by Gasteiger charge is 2.03. The van der Waals surface area contributed by atoms with Crippen LogP contribution in [0.1, 0.15) is 18.4 Å². The Labute approximate surface area is 94.7 Å². The molecular formula is C11H16ClNO2. The van der Waals surface area contributed by atoms with Crippen LogP contribution in [0, 0.1) is 0 Å². The summed E-state index contributed by atoms with van der Waals surface area (Å²) in [6.45, 7) is 1.65. The van der Waals surface area contributed by atoms with Gasteiger partial charge in [-0.25, -0.2) is 0 Å². The van der Waals surface area contributed by atoms with Crippen LogP contribution in [0.25, 0.3) is 0 Å². The molecule has 3 nitrogen and oxygen atoms in total. The molecule has 4 heteroatoms. The van der Waals surface area contributed by atoms with Crippen molar-refractivity contribution in [3.63, 3.8) is 0 Å². The molecule has 0 aliphatic rings. The SMILES string of the molecule is OCCCCNCc1cccc(Cl)c1O. The molecule has 0 atom stereocenters. The van der Waals surface area contributed by atoms with Crippen molar-refractivity contribution in [1.82, 2.24) is 5.32 Å². The Morgan fingerprint density at radius 1 is 1.27 bits per heavy atom. The number of aromatic hydroxyl groups is 1. The van der Waals surface area contributed by atoms with Crippen molar-refractivity contribution in [1.29, 1.82) is 0 Å². The van der Waals surface area contributed by atoms with Crippen LogP contribution in [0.2, 0.25) is 5.02 Å². The molecule has 0 unspecified atom stereocenters. The first-order valence-electron chi connectivity index (χ1n) is 5.03. The van der Waals surface area contributed by atoms with E-state index >= 15 is 0 Å². The van der Waals surface area contributed by atoms with E-state index in [0.29, 0.717) is 11.6 Å². The Bertz CT molecular complexity index is 305. The molecule has 0 saturated heterocycles. The van der Waals surface area contributed by atoms with Gasteiger partial charge in [-0.05, 0) is 25.5 Å². The molecule has 0 aliphatic heterocycles. The minimum Gasteiger partial charge on any atom is -0.506 e. The Morgan fingerprint density at radius 2 is 2.07 bits per heavy atom. The third-order valence-corrected chi connectivity index (χ3v) is 2.45. The molecule has 0 saturated carbocycles. The van der Waals surface area contributed by atoms with Crippen molar-refractivity contribution < 1.29 is 10.2 Å². The Morgan fingerprint density at radius 3 is 2.80 bits per heavy atom. The lowest BCUT2D eigenvalue weighted by molar-refractivity contribution is 0.283. The second-order valence-corrected chi connectivity index (χ2v) is 3.76. The van der Waals surface area contributed by atoms with Gasteiger partial charge in [-0.3, -0.25) is 0 Å². The first-order valence-corrected chi connectivity index (χ1v) is 5.41. The van der Waals surface area contributed by atoms with Gasteiger partial charge in [0.25, 0.3) is 0 Å². The number of unbranched alkanes of at least 4 members (excludes halogenated alkanes) is 1. The highest BCUT2D eigenvalue weighted by Crippen LogP contribution is 2.26. The van der Waals surface area contributed by atoms with Gasteiger partial charge < -0.3 is 15.5 Å². The van der Waals surface area contributed by atoms with Crippen LogP contribution in [-0.2, 0) is 6.54 Å². The summed E-state index contributed by atoms with van der Waals surface area (Å²) in [4.78, 5) is 0. The maximum atomic E-state index is 9.59. The summed E-state index contributed by atoms with van der Waals surface area (Å²) in [7, 11) is 0. The maximum Gasteiger partial charge on any atom is 0.138 e. The van der Waals surface area contributed by atoms with Crippen LogP contribution in [0.3, 0.4) is 0 Å². The van der Waals surface area contributed by atoms with E-state index in [-0.39, 0.29) is 12.4 Å². The van der Waals surface area contributed by atoms with Crippen LogP contribution in [0.5, 0.6) is 5.75 Å². The zero-order valence-corrected chi connectivity index (χ0v) is 9.30. The van der Waals surface area contributed by atoms with E-state index in [0.717, 1.165) is 24.9 Å². The number of hydrogen-bond donors (Lipinski definition) is 3. The average Bonchev–Trinajstić information content (AvgIpc) is 2.24. The van der Waals surface area contributed by atoms with E-state index in [1.807, 2.05) is 12.1 Å². The molecule has 0 fully saturated rings. The number of benzene rings is 1. The van der Waals surface area contributed by atoms with E-state index in [9.17, 15) is 5.11 Å². The number of para-hydroxylation sites is 1. The lowest BCUT2D eigenvalue weighted by Crippen LogP contribution is -2.15. The van der Waals surface area contributed by atoms with Crippen molar-refractivity contribution in [3.8, 4) is 5.75 Å². The number of rotatable bonds is 6. The molecule has 15 heavy (non-hydrogen) atoms. The maximum absolute atomic E-state index is 9.59. The van der Waals surface area contributed by atoms with E-state index in [1.165, 1.54) is 0 Å². The average molecular weight is 230 g/mol. The molecule has 0 radical (unpaired) electrons. The molecular weight excluding hydrogens is 214 g/mol. The normalized spacial score (nSPS) is 10.5. The summed E-state index contributed by atoms with van der Waals surface area (Å²) in [5.41, 5.74) is 0.798. The second kappa shape index (κ2) is 6.67. The first-order chi connectivity index (χ1) is 7.25. The summed E-state index contributed by atoms with van der Waals surface area (Å²) in [6, 6.07) is 5.30. The fraction of sp³-hybridized carbons (Fsp3) is 0.455. The van der Waals surface area contributed by atoms with E-state index in [4.69, 9.17) is 16.7 Å². The number of phenols is 1. The summed E-state index contributed by atoms with van der Waals surface area (Å²) >= 11 is 5.77. The summed E-state index contributed by atoms with van der Waals surface area (Å²) in [6.07, 6.45) is 1.73. The van der Waals surface area contributed by atoms with Crippen molar-refractivity contribution >= 4 is 11.6 Å². The van der Waals surface area contributed by atoms with E-state index in [2.05, 4.69) is 5.32 Å². The number of hydrogen-bond acceptors (Lipinski definition) is 3. The highest BCUT2D eigenvalue weighted by atomic mass is 35.5. The van der Waals surface area contributed by atoms with Gasteiger partial charge >= 0.3 is 0 Å². The summed E-state index contributed by atoms with van der Waals surface area (Å²) in [5.74, 6) is 0.147. The van der Waals surface area contributed by atoms with Gasteiger partial charge in [-0.1, -0.05) is 23.7 Å². The van der Waals surface area contributed by atoms with Gasteiger partial charge in [0.15, 0.2) is 0 Å². The highest BCUT2D eigenvalue weighted by molar-refractivity contribution is 6.32. The Balaban J connectivity index is 2.34. The summed E-state index contributed by atoms with van der Waals surface area (Å²) in [5, 5.41) is 21.7. The van der Waals surface area contributed by atoms with Crippen LogP contribution < -0.4 is 5.32 Å². The monoisotopic (exact) mass is 229 g/mol. The molecule has 3 N–H and O–H groups in total. The molecule has 1 aromatic carbocycles. The number of phenolic OH excluding ortho intramolecular Hbond substituents is 1. The van der Waals surface area contributed by atoms with Gasteiger partial charge in [0, 0.05) is 18.7 Å². The number of halogens is 1. The van der Waals surface area contributed by atoms with Gasteiger partial charge in [0.1, 0.15) is 5.75 Å².